The molecule has 3 heterocycles. The van der Waals surface area contributed by atoms with Gasteiger partial charge in [-0.25, -0.2) is 4.98 Å². The van der Waals surface area contributed by atoms with Crippen molar-refractivity contribution in [2.24, 2.45) is 0 Å². The lowest BCUT2D eigenvalue weighted by molar-refractivity contribution is 0.0751. The number of hydrogen-bond donors (Lipinski definition) is 0. The molecule has 0 spiro atoms. The molecule has 23 heavy (non-hydrogen) atoms. The number of carbonyl (C=O) groups is 1. The van der Waals surface area contributed by atoms with Crippen molar-refractivity contribution in [2.75, 3.05) is 31.1 Å². The maximum atomic E-state index is 12.5. The molecule has 4 rings (SSSR count). The molecule has 3 aromatic rings. The van der Waals surface area contributed by atoms with E-state index in [9.17, 15) is 4.79 Å². The first-order chi connectivity index (χ1) is 11.2. The van der Waals surface area contributed by atoms with E-state index in [4.69, 9.17) is 4.98 Å². The number of amides is 1. The minimum absolute atomic E-state index is 0.159. The van der Waals surface area contributed by atoms with Crippen molar-refractivity contribution < 1.29 is 4.79 Å². The second kappa shape index (κ2) is 5.94. The molecule has 4 nitrogen and oxygen atoms in total. The Morgan fingerprint density at radius 1 is 1.04 bits per heavy atom. The number of benzene rings is 1. The number of para-hydroxylation sites is 1. The van der Waals surface area contributed by atoms with Crippen LogP contribution in [0.25, 0.3) is 10.2 Å². The third-order valence-corrected chi connectivity index (χ3v) is 6.16. The summed E-state index contributed by atoms with van der Waals surface area (Å²) in [5.41, 5.74) is 1.06. The van der Waals surface area contributed by atoms with Gasteiger partial charge in [0.1, 0.15) is 0 Å². The molecule has 1 amide bonds. The van der Waals surface area contributed by atoms with Gasteiger partial charge in [-0.3, -0.25) is 4.79 Å². The number of rotatable bonds is 2. The fourth-order valence-corrected chi connectivity index (χ4v) is 4.65. The van der Waals surface area contributed by atoms with E-state index in [1.165, 1.54) is 9.58 Å². The summed E-state index contributed by atoms with van der Waals surface area (Å²) in [5.74, 6) is 0.159. The summed E-state index contributed by atoms with van der Waals surface area (Å²) < 4.78 is 1.22. The maximum Gasteiger partial charge on any atom is 0.264 e. The monoisotopic (exact) mass is 343 g/mol. The van der Waals surface area contributed by atoms with E-state index >= 15 is 0 Å². The predicted molar refractivity (Wildman–Crippen MR) is 96.8 cm³/mol. The molecule has 0 aliphatic carbocycles. The van der Waals surface area contributed by atoms with Gasteiger partial charge in [-0.2, -0.15) is 0 Å². The zero-order valence-corrected chi connectivity index (χ0v) is 14.5. The highest BCUT2D eigenvalue weighted by Crippen LogP contribution is 2.29. The van der Waals surface area contributed by atoms with Crippen LogP contribution in [0.2, 0.25) is 0 Å². The molecule has 1 aromatic carbocycles. The SMILES string of the molecule is Cc1ccc(C(=O)N2CCN(c3nc4ccccc4s3)CC2)s1. The first-order valence-electron chi connectivity index (χ1n) is 7.67. The van der Waals surface area contributed by atoms with Crippen molar-refractivity contribution in [3.63, 3.8) is 0 Å². The Morgan fingerprint density at radius 3 is 2.52 bits per heavy atom. The van der Waals surface area contributed by atoms with E-state index in [0.29, 0.717) is 0 Å². The molecular formula is C17H17N3OS2. The van der Waals surface area contributed by atoms with Crippen molar-refractivity contribution in [3.8, 4) is 0 Å². The Hall–Kier alpha value is -1.92. The van der Waals surface area contributed by atoms with E-state index in [2.05, 4.69) is 11.0 Å². The lowest BCUT2D eigenvalue weighted by Crippen LogP contribution is -2.48. The van der Waals surface area contributed by atoms with Gasteiger partial charge in [-0.1, -0.05) is 23.5 Å². The molecule has 1 saturated heterocycles. The summed E-state index contributed by atoms with van der Waals surface area (Å²) in [5, 5.41) is 1.06. The second-order valence-corrected chi connectivity index (χ2v) is 7.95. The minimum Gasteiger partial charge on any atom is -0.345 e. The Bertz CT molecular complexity index is 813. The first-order valence-corrected chi connectivity index (χ1v) is 9.30. The molecule has 0 unspecified atom stereocenters. The summed E-state index contributed by atoms with van der Waals surface area (Å²) in [6.07, 6.45) is 0. The van der Waals surface area contributed by atoms with Gasteiger partial charge in [0, 0.05) is 31.1 Å². The van der Waals surface area contributed by atoms with Crippen LogP contribution in [0.4, 0.5) is 5.13 Å². The Labute approximate surface area is 143 Å². The lowest BCUT2D eigenvalue weighted by Gasteiger charge is -2.34. The normalized spacial score (nSPS) is 15.3. The van der Waals surface area contributed by atoms with Crippen molar-refractivity contribution in [1.29, 1.82) is 0 Å². The highest BCUT2D eigenvalue weighted by Gasteiger charge is 2.24. The predicted octanol–water partition coefficient (Wildman–Crippen LogP) is 3.63. The topological polar surface area (TPSA) is 36.4 Å². The summed E-state index contributed by atoms with van der Waals surface area (Å²) >= 11 is 3.30. The molecular weight excluding hydrogens is 326 g/mol. The Morgan fingerprint density at radius 2 is 1.83 bits per heavy atom. The van der Waals surface area contributed by atoms with Gasteiger partial charge in [0.25, 0.3) is 5.91 Å². The van der Waals surface area contributed by atoms with E-state index in [1.807, 2.05) is 42.2 Å². The van der Waals surface area contributed by atoms with Crippen LogP contribution in [-0.2, 0) is 0 Å². The standard InChI is InChI=1S/C17H17N3OS2/c1-12-6-7-15(22-12)16(21)19-8-10-20(11-9-19)17-18-13-4-2-3-5-14(13)23-17/h2-7H,8-11H2,1H3. The summed E-state index contributed by atoms with van der Waals surface area (Å²) in [6.45, 7) is 5.23. The van der Waals surface area contributed by atoms with Gasteiger partial charge < -0.3 is 9.80 Å². The molecule has 0 saturated carbocycles. The van der Waals surface area contributed by atoms with Crippen molar-refractivity contribution in [3.05, 3.63) is 46.2 Å². The van der Waals surface area contributed by atoms with E-state index < -0.39 is 0 Å². The fourth-order valence-electron chi connectivity index (χ4n) is 2.80. The smallest absolute Gasteiger partial charge is 0.264 e. The van der Waals surface area contributed by atoms with E-state index in [0.717, 1.165) is 41.7 Å². The molecule has 6 heteroatoms. The summed E-state index contributed by atoms with van der Waals surface area (Å²) in [6, 6.07) is 12.2. The van der Waals surface area contributed by atoms with Crippen LogP contribution < -0.4 is 4.90 Å². The number of aryl methyl sites for hydroxylation is 1. The average Bonchev–Trinajstić information content (AvgIpc) is 3.20. The highest BCUT2D eigenvalue weighted by atomic mass is 32.1. The van der Waals surface area contributed by atoms with Crippen molar-refractivity contribution in [1.82, 2.24) is 9.88 Å². The van der Waals surface area contributed by atoms with Crippen molar-refractivity contribution in [2.45, 2.75) is 6.92 Å². The Balaban J connectivity index is 1.45. The number of nitrogens with zero attached hydrogens (tertiary/aromatic N) is 3. The summed E-state index contributed by atoms with van der Waals surface area (Å²) in [4.78, 5) is 23.5. The van der Waals surface area contributed by atoms with Crippen LogP contribution in [0.5, 0.6) is 0 Å². The maximum absolute atomic E-state index is 12.5. The van der Waals surface area contributed by atoms with Crippen LogP contribution in [0, 0.1) is 6.92 Å². The summed E-state index contributed by atoms with van der Waals surface area (Å²) in [7, 11) is 0. The molecule has 1 aliphatic rings. The van der Waals surface area contributed by atoms with Crippen LogP contribution >= 0.6 is 22.7 Å². The van der Waals surface area contributed by atoms with Crippen LogP contribution in [-0.4, -0.2) is 42.0 Å². The lowest BCUT2D eigenvalue weighted by atomic mass is 10.3. The largest absolute Gasteiger partial charge is 0.345 e. The van der Waals surface area contributed by atoms with E-state index in [-0.39, 0.29) is 5.91 Å². The van der Waals surface area contributed by atoms with Crippen LogP contribution in [0.15, 0.2) is 36.4 Å². The third kappa shape index (κ3) is 2.84. The quantitative estimate of drug-likeness (QED) is 0.713. The van der Waals surface area contributed by atoms with Gasteiger partial charge in [0.05, 0.1) is 15.1 Å². The van der Waals surface area contributed by atoms with Gasteiger partial charge in [-0.05, 0) is 31.2 Å². The molecule has 1 fully saturated rings. The van der Waals surface area contributed by atoms with Gasteiger partial charge in [-0.15, -0.1) is 11.3 Å². The van der Waals surface area contributed by atoms with Gasteiger partial charge >= 0.3 is 0 Å². The van der Waals surface area contributed by atoms with Crippen LogP contribution in [0.1, 0.15) is 14.5 Å². The molecule has 2 aromatic heterocycles. The first kappa shape index (κ1) is 14.7. The molecule has 0 atom stereocenters. The zero-order valence-electron chi connectivity index (χ0n) is 12.9. The number of aromatic nitrogens is 1. The molecule has 0 radical (unpaired) electrons. The number of thiazole rings is 1. The van der Waals surface area contributed by atoms with Gasteiger partial charge in [0.2, 0.25) is 0 Å². The van der Waals surface area contributed by atoms with Crippen molar-refractivity contribution >= 4 is 43.9 Å². The molecule has 118 valence electrons. The molecule has 0 bridgehead atoms. The molecule has 1 aliphatic heterocycles. The highest BCUT2D eigenvalue weighted by molar-refractivity contribution is 7.22. The Kier molecular flexibility index (Phi) is 3.79. The number of thiophene rings is 1. The minimum atomic E-state index is 0.159. The van der Waals surface area contributed by atoms with Gasteiger partial charge in [0.15, 0.2) is 5.13 Å². The number of hydrogen-bond acceptors (Lipinski definition) is 5. The van der Waals surface area contributed by atoms with E-state index in [1.54, 1.807) is 22.7 Å². The second-order valence-electron chi connectivity index (χ2n) is 5.65. The number of fused-ring (bicyclic) bond motifs is 1. The average molecular weight is 343 g/mol. The third-order valence-electron chi connectivity index (χ3n) is 4.07. The number of anilines is 1. The fraction of sp³-hybridized carbons (Fsp3) is 0.294. The number of carbonyl (C=O) groups excluding carboxylic acids is 1. The molecule has 0 N–H and O–H groups in total. The zero-order chi connectivity index (χ0) is 15.8. The number of piperazine rings is 1. The van der Waals surface area contributed by atoms with Crippen LogP contribution in [0.3, 0.4) is 0 Å².